The fourth-order valence-corrected chi connectivity index (χ4v) is 1.08. The zero-order valence-electron chi connectivity index (χ0n) is 8.65. The number of rotatable bonds is 10. The van der Waals surface area contributed by atoms with Gasteiger partial charge in [-0.05, 0) is 32.5 Å². The van der Waals surface area contributed by atoms with Crippen molar-refractivity contribution in [2.75, 3.05) is 32.7 Å². The van der Waals surface area contributed by atoms with Gasteiger partial charge in [0.15, 0.2) is 0 Å². The molecule has 4 N–H and O–H groups in total. The molecule has 0 saturated heterocycles. The van der Waals surface area contributed by atoms with Crippen LogP contribution in [0.5, 0.6) is 0 Å². The molecule has 0 heterocycles. The Bertz CT molecular complexity index is 76.2. The van der Waals surface area contributed by atoms with Crippen LogP contribution >= 0.6 is 0 Å². The molecule has 0 aliphatic rings. The van der Waals surface area contributed by atoms with Crippen LogP contribution in [0.2, 0.25) is 0 Å². The molecule has 0 aromatic heterocycles. The highest BCUT2D eigenvalue weighted by Gasteiger charge is 1.88. The second-order valence-corrected chi connectivity index (χ2v) is 3.20. The molecular weight excluding hydrogens is 162 g/mol. The van der Waals surface area contributed by atoms with E-state index < -0.39 is 0 Å². The largest absolute Gasteiger partial charge is 0.330 e. The quantitative estimate of drug-likeness (QED) is 0.436. The van der Waals surface area contributed by atoms with Gasteiger partial charge in [-0.15, -0.1) is 0 Å². The predicted octanol–water partition coefficient (Wildman–Crippen LogP) is 0.519. The van der Waals surface area contributed by atoms with Gasteiger partial charge in [0.05, 0.1) is 0 Å². The first-order chi connectivity index (χ1) is 6.41. The smallest absolute Gasteiger partial charge is 0.00767 e. The van der Waals surface area contributed by atoms with Crippen LogP contribution in [0.4, 0.5) is 0 Å². The zero-order valence-corrected chi connectivity index (χ0v) is 8.65. The summed E-state index contributed by atoms with van der Waals surface area (Å²) in [4.78, 5) is 0. The summed E-state index contributed by atoms with van der Waals surface area (Å²) in [5.74, 6) is 0. The molecule has 0 amide bonds. The average molecular weight is 186 g/mol. The van der Waals surface area contributed by atoms with Crippen molar-refractivity contribution < 1.29 is 0 Å². The molecule has 0 fully saturated rings. The summed E-state index contributed by atoms with van der Waals surface area (Å²) in [5.41, 5.74) is 5.36. The van der Waals surface area contributed by atoms with E-state index in [0.717, 1.165) is 45.6 Å². The van der Waals surface area contributed by atoms with Crippen molar-refractivity contribution in [3.8, 4) is 0 Å². The maximum atomic E-state index is 5.36. The van der Waals surface area contributed by atoms with Gasteiger partial charge in [0, 0.05) is 13.1 Å². The summed E-state index contributed by atoms with van der Waals surface area (Å²) in [7, 11) is 0. The lowest BCUT2D eigenvalue weighted by molar-refractivity contribution is 0.579. The topological polar surface area (TPSA) is 50.1 Å². The van der Waals surface area contributed by atoms with Crippen molar-refractivity contribution in [2.24, 2.45) is 5.73 Å². The molecule has 0 rings (SSSR count). The molecule has 0 bridgehead atoms. The number of nitrogens with one attached hydrogen (secondary N) is 2. The van der Waals surface area contributed by atoms with Crippen molar-refractivity contribution in [2.45, 2.75) is 25.7 Å². The summed E-state index contributed by atoms with van der Waals surface area (Å²) in [6.07, 6.45) is 4.60. The summed E-state index contributed by atoms with van der Waals surface area (Å²) in [6, 6.07) is 0. The van der Waals surface area contributed by atoms with Gasteiger partial charge >= 0.3 is 0 Å². The minimum atomic E-state index is 0.782. The van der Waals surface area contributed by atoms with E-state index >= 15 is 0 Å². The Morgan fingerprint density at radius 2 is 1.46 bits per heavy atom. The van der Waals surface area contributed by atoms with Crippen LogP contribution in [0.25, 0.3) is 0 Å². The highest BCUT2D eigenvalue weighted by atomic mass is 14.9. The molecule has 0 aliphatic carbocycles. The van der Waals surface area contributed by atoms with Crippen LogP contribution in [-0.2, 0) is 0 Å². The second kappa shape index (κ2) is 11.9. The molecule has 0 unspecified atom stereocenters. The SMILES string of the molecule is [CH2]CCCCNCCNCCCN. The molecule has 0 atom stereocenters. The molecule has 0 aromatic rings. The zero-order chi connectivity index (χ0) is 9.78. The van der Waals surface area contributed by atoms with Gasteiger partial charge in [-0.3, -0.25) is 0 Å². The Hall–Kier alpha value is -0.120. The minimum absolute atomic E-state index is 0.782. The summed E-state index contributed by atoms with van der Waals surface area (Å²) >= 11 is 0. The third-order valence-electron chi connectivity index (χ3n) is 1.89. The third kappa shape index (κ3) is 11.9. The lowest BCUT2D eigenvalue weighted by Crippen LogP contribution is -2.29. The Balaban J connectivity index is 2.76. The molecule has 13 heavy (non-hydrogen) atoms. The molecule has 3 nitrogen and oxygen atoms in total. The molecule has 3 heteroatoms. The second-order valence-electron chi connectivity index (χ2n) is 3.20. The van der Waals surface area contributed by atoms with Gasteiger partial charge in [0.2, 0.25) is 0 Å². The van der Waals surface area contributed by atoms with Gasteiger partial charge in [-0.25, -0.2) is 0 Å². The molecular formula is C10H24N3. The highest BCUT2D eigenvalue weighted by Crippen LogP contribution is 1.89. The normalized spacial score (nSPS) is 10.6. The van der Waals surface area contributed by atoms with E-state index in [-0.39, 0.29) is 0 Å². The fourth-order valence-electron chi connectivity index (χ4n) is 1.08. The van der Waals surface area contributed by atoms with Crippen LogP contribution in [-0.4, -0.2) is 32.7 Å². The lowest BCUT2D eigenvalue weighted by atomic mass is 10.2. The van der Waals surface area contributed by atoms with E-state index in [0.29, 0.717) is 0 Å². The van der Waals surface area contributed by atoms with E-state index in [2.05, 4.69) is 17.6 Å². The van der Waals surface area contributed by atoms with Crippen LogP contribution in [0.3, 0.4) is 0 Å². The maximum absolute atomic E-state index is 5.36. The average Bonchev–Trinajstić information content (AvgIpc) is 2.16. The molecule has 0 aromatic carbocycles. The molecule has 0 aliphatic heterocycles. The maximum Gasteiger partial charge on any atom is 0.00767 e. The van der Waals surface area contributed by atoms with Crippen LogP contribution in [0, 0.1) is 6.92 Å². The van der Waals surface area contributed by atoms with Gasteiger partial charge in [-0.2, -0.15) is 0 Å². The molecule has 0 saturated carbocycles. The molecule has 0 spiro atoms. The van der Waals surface area contributed by atoms with Crippen LogP contribution < -0.4 is 16.4 Å². The van der Waals surface area contributed by atoms with Gasteiger partial charge in [0.1, 0.15) is 0 Å². The summed E-state index contributed by atoms with van der Waals surface area (Å²) < 4.78 is 0. The first kappa shape index (κ1) is 12.9. The number of hydrogen-bond donors (Lipinski definition) is 3. The van der Waals surface area contributed by atoms with Crippen LogP contribution in [0.15, 0.2) is 0 Å². The van der Waals surface area contributed by atoms with E-state index in [1.165, 1.54) is 12.8 Å². The minimum Gasteiger partial charge on any atom is -0.330 e. The first-order valence-electron chi connectivity index (χ1n) is 5.32. The Morgan fingerprint density at radius 1 is 0.846 bits per heavy atom. The predicted molar refractivity (Wildman–Crippen MR) is 58.6 cm³/mol. The van der Waals surface area contributed by atoms with E-state index in [1.807, 2.05) is 0 Å². The van der Waals surface area contributed by atoms with Gasteiger partial charge in [0.25, 0.3) is 0 Å². The van der Waals surface area contributed by atoms with E-state index in [4.69, 9.17) is 5.73 Å². The first-order valence-corrected chi connectivity index (χ1v) is 5.32. The molecule has 1 radical (unpaired) electrons. The third-order valence-corrected chi connectivity index (χ3v) is 1.89. The highest BCUT2D eigenvalue weighted by molar-refractivity contribution is 4.53. The Labute approximate surface area is 82.5 Å². The van der Waals surface area contributed by atoms with Gasteiger partial charge < -0.3 is 16.4 Å². The van der Waals surface area contributed by atoms with Crippen molar-refractivity contribution in [1.29, 1.82) is 0 Å². The lowest BCUT2D eigenvalue weighted by Gasteiger charge is -2.05. The molecule has 79 valence electrons. The van der Waals surface area contributed by atoms with Crippen molar-refractivity contribution >= 4 is 0 Å². The monoisotopic (exact) mass is 186 g/mol. The Morgan fingerprint density at radius 3 is 2.00 bits per heavy atom. The van der Waals surface area contributed by atoms with Gasteiger partial charge in [-0.1, -0.05) is 19.8 Å². The van der Waals surface area contributed by atoms with Crippen LogP contribution in [0.1, 0.15) is 25.7 Å². The number of nitrogens with two attached hydrogens (primary N) is 1. The number of hydrogen-bond acceptors (Lipinski definition) is 3. The van der Waals surface area contributed by atoms with E-state index in [1.54, 1.807) is 0 Å². The Kier molecular flexibility index (Phi) is 11.8. The van der Waals surface area contributed by atoms with E-state index in [9.17, 15) is 0 Å². The summed E-state index contributed by atoms with van der Waals surface area (Å²) in [6.45, 7) is 8.84. The van der Waals surface area contributed by atoms with Crippen molar-refractivity contribution in [1.82, 2.24) is 10.6 Å². The fraction of sp³-hybridized carbons (Fsp3) is 0.900. The summed E-state index contributed by atoms with van der Waals surface area (Å²) in [5, 5.41) is 6.70. The van der Waals surface area contributed by atoms with Crippen molar-refractivity contribution in [3.63, 3.8) is 0 Å². The standard InChI is InChI=1S/C10H24N3/c1-2-3-4-7-12-9-10-13-8-5-6-11/h12-13H,1-11H2. The van der Waals surface area contributed by atoms with Crippen molar-refractivity contribution in [3.05, 3.63) is 6.92 Å². The number of unbranched alkanes of at least 4 members (excludes halogenated alkanes) is 2.